The number of hydrogen-bond donors (Lipinski definition) is 2. The number of nitrogens with two attached hydrogens (primary N) is 1. The molecule has 0 fully saturated rings. The van der Waals surface area contributed by atoms with Crippen molar-refractivity contribution in [2.75, 3.05) is 26.4 Å². The molecule has 470 valence electrons. The van der Waals surface area contributed by atoms with Gasteiger partial charge in [-0.15, -0.1) is 0 Å². The fraction of sp³-hybridized carbons (Fsp3) is 0.694. The second-order valence-corrected chi connectivity index (χ2v) is 23.4. The Kier molecular flexibility index (Phi) is 63.6. The van der Waals surface area contributed by atoms with Crippen molar-refractivity contribution in [2.45, 2.75) is 296 Å². The summed E-state index contributed by atoms with van der Waals surface area (Å²) in [6, 6.07) is 0. The summed E-state index contributed by atoms with van der Waals surface area (Å²) in [5.41, 5.74) is 5.39. The Bertz CT molecular complexity index is 1760. The van der Waals surface area contributed by atoms with Crippen LogP contribution in [0.2, 0.25) is 0 Å². The Morgan fingerprint density at radius 3 is 1.00 bits per heavy atom. The summed E-state index contributed by atoms with van der Waals surface area (Å²) in [5.74, 6) is -0.841. The second kappa shape index (κ2) is 66.5. The van der Waals surface area contributed by atoms with Crippen molar-refractivity contribution in [2.24, 2.45) is 5.73 Å². The molecule has 0 aliphatic carbocycles. The number of rotatable bonds is 62. The van der Waals surface area contributed by atoms with Crippen molar-refractivity contribution < 1.29 is 37.6 Å². The van der Waals surface area contributed by atoms with Crippen LogP contribution >= 0.6 is 7.82 Å². The van der Waals surface area contributed by atoms with E-state index in [1.807, 2.05) is 0 Å². The molecule has 0 rings (SSSR count). The van der Waals surface area contributed by atoms with Crippen LogP contribution in [-0.4, -0.2) is 49.3 Å². The lowest BCUT2D eigenvalue weighted by Crippen LogP contribution is -2.29. The SMILES string of the molecule is CC/C=C\C/C=C\C/C=C\C/C=C\C/C=C\C/C=C\C/C=C\C/C=C\C/C=C\C/C=C\CCCCCCCCC(=O)OC(COC(=O)CCCCCCCCCCCCCCCCCCCCCCCCCC)COP(=O)(O)OCCN. The minimum atomic E-state index is -4.40. The summed E-state index contributed by atoms with van der Waals surface area (Å²) in [6.07, 6.45) is 92.8. The number of ether oxygens (including phenoxy) is 2. The molecule has 0 spiro atoms. The Morgan fingerprint density at radius 2 is 0.671 bits per heavy atom. The summed E-state index contributed by atoms with van der Waals surface area (Å²) >= 11 is 0. The van der Waals surface area contributed by atoms with Crippen LogP contribution in [0.5, 0.6) is 0 Å². The van der Waals surface area contributed by atoms with E-state index in [0.717, 1.165) is 122 Å². The van der Waals surface area contributed by atoms with E-state index < -0.39 is 26.5 Å². The molecule has 0 aromatic carbocycles. The quantitative estimate of drug-likeness (QED) is 0.0264. The molecule has 0 amide bonds. The molecule has 82 heavy (non-hydrogen) atoms. The average molecular weight is 1160 g/mol. The lowest BCUT2D eigenvalue weighted by Gasteiger charge is -2.19. The molecular formula is C72H124NO8P. The van der Waals surface area contributed by atoms with Crippen LogP contribution in [0.25, 0.3) is 0 Å². The van der Waals surface area contributed by atoms with Crippen LogP contribution in [0, 0.1) is 0 Å². The van der Waals surface area contributed by atoms with Gasteiger partial charge in [0.25, 0.3) is 0 Å². The minimum absolute atomic E-state index is 0.0464. The number of carbonyl (C=O) groups is 2. The van der Waals surface area contributed by atoms with Gasteiger partial charge in [-0.3, -0.25) is 18.6 Å². The highest BCUT2D eigenvalue weighted by molar-refractivity contribution is 7.47. The highest BCUT2D eigenvalue weighted by Crippen LogP contribution is 2.43. The van der Waals surface area contributed by atoms with E-state index in [0.29, 0.717) is 6.42 Å². The van der Waals surface area contributed by atoms with Crippen molar-refractivity contribution in [1.29, 1.82) is 0 Å². The van der Waals surface area contributed by atoms with Gasteiger partial charge < -0.3 is 20.1 Å². The van der Waals surface area contributed by atoms with Gasteiger partial charge in [0, 0.05) is 19.4 Å². The van der Waals surface area contributed by atoms with Gasteiger partial charge in [-0.25, -0.2) is 4.57 Å². The maximum absolute atomic E-state index is 12.7. The molecule has 3 N–H and O–H groups in total. The molecule has 0 aromatic heterocycles. The largest absolute Gasteiger partial charge is 0.472 e. The van der Waals surface area contributed by atoms with Crippen LogP contribution in [-0.2, 0) is 32.7 Å². The standard InChI is InChI=1S/C72H124NO8P/c1-3-5-7-9-11-13-15-17-19-21-23-25-27-29-30-31-32-33-34-35-36-37-38-39-40-41-43-45-47-49-51-53-55-57-59-61-63-65-72(75)81-70(69-80-82(76,77)79-67-66-73)68-78-71(74)64-62-60-58-56-54-52-50-48-46-44-42-28-26-24-22-20-18-16-14-12-10-8-6-4-2/h5,7,11,13,17,19,23,25,29-30,32-33,35-36,38-39,41,43,47,49,70H,3-4,6,8-10,12,14-16,18,20-22,24,26-28,31,34,37,40,42,44-46,48,50-69,73H2,1-2H3,(H,76,77)/b7-5-,13-11-,19-17-,25-23-,30-29-,33-32-,36-35-,39-38-,43-41-,49-47-. The van der Waals surface area contributed by atoms with E-state index in [2.05, 4.69) is 135 Å². The number of hydrogen-bond acceptors (Lipinski definition) is 8. The van der Waals surface area contributed by atoms with Crippen LogP contribution < -0.4 is 5.73 Å². The number of carbonyl (C=O) groups excluding carboxylic acids is 2. The van der Waals surface area contributed by atoms with E-state index in [1.54, 1.807) is 0 Å². The topological polar surface area (TPSA) is 134 Å². The van der Waals surface area contributed by atoms with Crippen molar-refractivity contribution in [3.8, 4) is 0 Å². The van der Waals surface area contributed by atoms with Crippen LogP contribution in [0.4, 0.5) is 0 Å². The van der Waals surface area contributed by atoms with Crippen molar-refractivity contribution in [3.63, 3.8) is 0 Å². The van der Waals surface area contributed by atoms with Gasteiger partial charge in [0.15, 0.2) is 6.10 Å². The molecule has 0 saturated heterocycles. The van der Waals surface area contributed by atoms with E-state index in [-0.39, 0.29) is 38.6 Å². The molecule has 0 aromatic rings. The van der Waals surface area contributed by atoms with E-state index in [4.69, 9.17) is 24.3 Å². The molecule has 0 radical (unpaired) electrons. The average Bonchev–Trinajstić information content (AvgIpc) is 3.48. The Hall–Kier alpha value is -3.59. The zero-order valence-corrected chi connectivity index (χ0v) is 53.6. The summed E-state index contributed by atoms with van der Waals surface area (Å²) in [7, 11) is -4.40. The van der Waals surface area contributed by atoms with Gasteiger partial charge in [-0.1, -0.05) is 309 Å². The third-order valence-electron chi connectivity index (χ3n) is 14.1. The highest BCUT2D eigenvalue weighted by Gasteiger charge is 2.26. The molecular weight excluding hydrogens is 1040 g/mol. The third-order valence-corrected chi connectivity index (χ3v) is 15.1. The smallest absolute Gasteiger partial charge is 0.462 e. The first-order valence-electron chi connectivity index (χ1n) is 33.5. The summed E-state index contributed by atoms with van der Waals surface area (Å²) in [6.45, 7) is 3.64. The monoisotopic (exact) mass is 1160 g/mol. The number of unbranched alkanes of at least 4 members (excludes halogenated alkanes) is 29. The lowest BCUT2D eigenvalue weighted by molar-refractivity contribution is -0.161. The number of allylic oxidation sites excluding steroid dienone is 20. The maximum atomic E-state index is 12.7. The fourth-order valence-electron chi connectivity index (χ4n) is 9.20. The number of esters is 2. The van der Waals surface area contributed by atoms with Gasteiger partial charge in [-0.2, -0.15) is 0 Å². The van der Waals surface area contributed by atoms with E-state index >= 15 is 0 Å². The van der Waals surface area contributed by atoms with Crippen LogP contribution in [0.3, 0.4) is 0 Å². The number of phosphoric ester groups is 1. The van der Waals surface area contributed by atoms with Gasteiger partial charge in [-0.05, 0) is 89.9 Å². The van der Waals surface area contributed by atoms with Gasteiger partial charge in [0.05, 0.1) is 13.2 Å². The molecule has 0 aliphatic heterocycles. The summed E-state index contributed by atoms with van der Waals surface area (Å²) < 4.78 is 33.1. The van der Waals surface area contributed by atoms with Gasteiger partial charge >= 0.3 is 19.8 Å². The molecule has 10 heteroatoms. The zero-order chi connectivity index (χ0) is 59.4. The zero-order valence-electron chi connectivity index (χ0n) is 52.7. The normalized spacial score (nSPS) is 13.8. The van der Waals surface area contributed by atoms with Crippen molar-refractivity contribution in [1.82, 2.24) is 0 Å². The van der Waals surface area contributed by atoms with Crippen LogP contribution in [0.15, 0.2) is 122 Å². The first kappa shape index (κ1) is 78.4. The molecule has 0 heterocycles. The van der Waals surface area contributed by atoms with Crippen molar-refractivity contribution >= 4 is 19.8 Å². The molecule has 0 bridgehead atoms. The Balaban J connectivity index is 3.99. The first-order valence-corrected chi connectivity index (χ1v) is 35.0. The molecule has 0 saturated carbocycles. The predicted octanol–water partition coefficient (Wildman–Crippen LogP) is 21.9. The van der Waals surface area contributed by atoms with Crippen LogP contribution in [0.1, 0.15) is 290 Å². The minimum Gasteiger partial charge on any atom is -0.462 e. The molecule has 2 atom stereocenters. The maximum Gasteiger partial charge on any atom is 0.472 e. The van der Waals surface area contributed by atoms with Gasteiger partial charge in [0.1, 0.15) is 6.61 Å². The predicted molar refractivity (Wildman–Crippen MR) is 353 cm³/mol. The first-order chi connectivity index (χ1) is 40.3. The lowest BCUT2D eigenvalue weighted by atomic mass is 10.0. The fourth-order valence-corrected chi connectivity index (χ4v) is 9.96. The van der Waals surface area contributed by atoms with Gasteiger partial charge in [0.2, 0.25) is 0 Å². The Morgan fingerprint density at radius 1 is 0.378 bits per heavy atom. The van der Waals surface area contributed by atoms with Crippen molar-refractivity contribution in [3.05, 3.63) is 122 Å². The van der Waals surface area contributed by atoms with E-state index in [1.165, 1.54) is 135 Å². The molecule has 9 nitrogen and oxygen atoms in total. The molecule has 2 unspecified atom stereocenters. The number of phosphoric acid groups is 1. The third kappa shape index (κ3) is 65.6. The summed E-state index contributed by atoms with van der Waals surface area (Å²) in [5, 5.41) is 0. The molecule has 0 aliphatic rings. The highest BCUT2D eigenvalue weighted by atomic mass is 31.2. The second-order valence-electron chi connectivity index (χ2n) is 22.0. The summed E-state index contributed by atoms with van der Waals surface area (Å²) in [4.78, 5) is 35.3. The van der Waals surface area contributed by atoms with E-state index in [9.17, 15) is 19.0 Å². The Labute approximate surface area is 504 Å².